The third-order valence-electron chi connectivity index (χ3n) is 12.0. The van der Waals surface area contributed by atoms with E-state index in [4.69, 9.17) is 14.7 Å². The number of nitrogens with zero attached hydrogens (tertiary/aromatic N) is 6. The van der Waals surface area contributed by atoms with Crippen LogP contribution < -0.4 is 5.32 Å². The first-order valence-electron chi connectivity index (χ1n) is 19.3. The number of piperazine rings is 1. The van der Waals surface area contributed by atoms with Crippen molar-refractivity contribution in [3.8, 4) is 22.3 Å². The highest BCUT2D eigenvalue weighted by Crippen LogP contribution is 2.41. The van der Waals surface area contributed by atoms with E-state index >= 15 is 0 Å². The van der Waals surface area contributed by atoms with E-state index in [0.717, 1.165) is 121 Å². The molecule has 3 aromatic carbocycles. The number of rotatable bonds is 7. The van der Waals surface area contributed by atoms with Crippen LogP contribution >= 0.6 is 0 Å². The molecule has 6 heterocycles. The Morgan fingerprint density at radius 3 is 1.98 bits per heavy atom. The lowest BCUT2D eigenvalue weighted by Gasteiger charge is -2.37. The monoisotopic (exact) mass is 729 g/mol. The van der Waals surface area contributed by atoms with Crippen LogP contribution in [0.2, 0.25) is 0 Å². The summed E-state index contributed by atoms with van der Waals surface area (Å²) in [5.41, 5.74) is 8.02. The van der Waals surface area contributed by atoms with Crippen LogP contribution in [0.1, 0.15) is 62.3 Å². The molecule has 280 valence electrons. The maximum Gasteiger partial charge on any atom is 0.407 e. The highest BCUT2D eigenvalue weighted by atomic mass is 16.5. The number of aromatic nitrogens is 4. The second-order valence-corrected chi connectivity index (χ2v) is 15.4. The second kappa shape index (κ2) is 14.2. The number of amides is 3. The van der Waals surface area contributed by atoms with Crippen LogP contribution in [0, 0.1) is 0 Å². The van der Waals surface area contributed by atoms with Gasteiger partial charge in [-0.15, -0.1) is 0 Å². The molecule has 5 aromatic rings. The van der Waals surface area contributed by atoms with Gasteiger partial charge < -0.3 is 34.7 Å². The van der Waals surface area contributed by atoms with Gasteiger partial charge in [0.1, 0.15) is 17.7 Å². The fourth-order valence-corrected chi connectivity index (χ4v) is 8.99. The van der Waals surface area contributed by atoms with Crippen molar-refractivity contribution in [3.63, 3.8) is 0 Å². The summed E-state index contributed by atoms with van der Waals surface area (Å²) >= 11 is 0. The van der Waals surface area contributed by atoms with Crippen LogP contribution in [0.3, 0.4) is 0 Å². The summed E-state index contributed by atoms with van der Waals surface area (Å²) < 4.78 is 4.75. The number of hydrogen-bond acceptors (Lipinski definition) is 8. The van der Waals surface area contributed by atoms with Gasteiger partial charge in [-0.25, -0.2) is 14.8 Å². The minimum Gasteiger partial charge on any atom is -0.453 e. The van der Waals surface area contributed by atoms with Crippen LogP contribution in [0.25, 0.3) is 44.3 Å². The van der Waals surface area contributed by atoms with E-state index in [1.54, 1.807) is 0 Å². The van der Waals surface area contributed by atoms with E-state index in [-0.39, 0.29) is 29.9 Å². The number of carbonyl (C=O) groups excluding carboxylic acids is 3. The van der Waals surface area contributed by atoms with Crippen molar-refractivity contribution in [1.29, 1.82) is 0 Å². The van der Waals surface area contributed by atoms with Crippen molar-refractivity contribution in [3.05, 3.63) is 72.3 Å². The highest BCUT2D eigenvalue weighted by Gasteiger charge is 2.45. The molecular formula is C41H47N9O4. The van der Waals surface area contributed by atoms with E-state index in [0.29, 0.717) is 13.0 Å². The van der Waals surface area contributed by atoms with Crippen molar-refractivity contribution in [2.75, 3.05) is 53.4 Å². The zero-order valence-electron chi connectivity index (χ0n) is 30.9. The number of aromatic amines is 2. The molecule has 0 bridgehead atoms. The van der Waals surface area contributed by atoms with Crippen molar-refractivity contribution < 1.29 is 19.1 Å². The van der Waals surface area contributed by atoms with Crippen molar-refractivity contribution in [1.82, 2.24) is 44.9 Å². The van der Waals surface area contributed by atoms with E-state index < -0.39 is 12.1 Å². The molecule has 13 heteroatoms. The molecule has 2 aromatic heterocycles. The molecule has 3 amide bonds. The minimum atomic E-state index is -0.586. The Hall–Kier alpha value is -5.27. The van der Waals surface area contributed by atoms with Gasteiger partial charge in [0.2, 0.25) is 11.8 Å². The van der Waals surface area contributed by atoms with Crippen LogP contribution in [0.4, 0.5) is 4.79 Å². The van der Waals surface area contributed by atoms with Crippen LogP contribution in [0.15, 0.2) is 60.7 Å². The Labute approximate surface area is 314 Å². The lowest BCUT2D eigenvalue weighted by Crippen LogP contribution is -2.54. The number of alkyl carbamates (subject to hydrolysis) is 1. The topological polar surface area (TPSA) is 143 Å². The average Bonchev–Trinajstić information content (AvgIpc) is 4.01. The number of benzene rings is 3. The van der Waals surface area contributed by atoms with Crippen LogP contribution in [0.5, 0.6) is 0 Å². The van der Waals surface area contributed by atoms with Crippen LogP contribution in [-0.4, -0.2) is 123 Å². The molecule has 0 radical (unpaired) electrons. The Kier molecular flexibility index (Phi) is 9.06. The summed E-state index contributed by atoms with van der Waals surface area (Å²) in [6, 6.07) is 20.5. The number of nitrogens with one attached hydrogen (secondary N) is 3. The number of ether oxygens (including phenoxy) is 1. The molecule has 4 fully saturated rings. The molecule has 0 aliphatic carbocycles. The summed E-state index contributed by atoms with van der Waals surface area (Å²) in [7, 11) is 3.44. The molecule has 54 heavy (non-hydrogen) atoms. The molecular weight excluding hydrogens is 683 g/mol. The van der Waals surface area contributed by atoms with Gasteiger partial charge in [-0.2, -0.15) is 0 Å². The van der Waals surface area contributed by atoms with Gasteiger partial charge in [0.05, 0.1) is 47.8 Å². The number of hydrogen-bond donors (Lipinski definition) is 3. The number of carbonyl (C=O) groups is 3. The maximum atomic E-state index is 13.4. The van der Waals surface area contributed by atoms with Gasteiger partial charge in [0.15, 0.2) is 0 Å². The van der Waals surface area contributed by atoms with Gasteiger partial charge in [0.25, 0.3) is 0 Å². The third-order valence-corrected chi connectivity index (χ3v) is 12.0. The molecule has 9 rings (SSSR count). The summed E-state index contributed by atoms with van der Waals surface area (Å²) in [6.45, 7) is 5.11. The molecule has 4 aliphatic rings. The fraction of sp³-hybridized carbons (Fsp3) is 0.439. The zero-order valence-corrected chi connectivity index (χ0v) is 30.9. The first-order valence-corrected chi connectivity index (χ1v) is 19.3. The summed E-state index contributed by atoms with van der Waals surface area (Å²) in [5.74, 6) is 1.77. The number of likely N-dealkylation sites (tertiary alicyclic amines) is 1. The molecule has 13 nitrogen and oxygen atoms in total. The molecule has 3 N–H and O–H groups in total. The SMILES string of the molecule is COC(=O)N[C@H]1CC[C@H]2CC[C@@H](c3nc4ccc(-c5ccc(-c6ccc7nc([C@@H]8CCCN8C(=O)CN8CCN(C)CC8)[nH]c7c6)cc5)cc4[nH]3)N2C1=O. The molecule has 4 saturated heterocycles. The lowest BCUT2D eigenvalue weighted by atomic mass is 9.98. The van der Waals surface area contributed by atoms with Gasteiger partial charge in [-0.3, -0.25) is 14.5 Å². The maximum absolute atomic E-state index is 13.4. The predicted molar refractivity (Wildman–Crippen MR) is 205 cm³/mol. The smallest absolute Gasteiger partial charge is 0.407 e. The second-order valence-electron chi connectivity index (χ2n) is 15.4. The van der Waals surface area contributed by atoms with E-state index in [9.17, 15) is 14.4 Å². The number of likely N-dealkylation sites (N-methyl/N-ethyl adjacent to an activating group) is 1. The average molecular weight is 730 g/mol. The van der Waals surface area contributed by atoms with Gasteiger partial charge in [-0.1, -0.05) is 36.4 Å². The van der Waals surface area contributed by atoms with Gasteiger partial charge in [-0.05, 0) is 92.1 Å². The van der Waals surface area contributed by atoms with Crippen molar-refractivity contribution >= 4 is 40.0 Å². The minimum absolute atomic E-state index is 0.0200. The summed E-state index contributed by atoms with van der Waals surface area (Å²) in [5, 5.41) is 2.70. The van der Waals surface area contributed by atoms with Crippen molar-refractivity contribution in [2.45, 2.75) is 62.7 Å². The molecule has 0 unspecified atom stereocenters. The molecule has 0 spiro atoms. The van der Waals surface area contributed by atoms with Gasteiger partial charge in [0, 0.05) is 38.8 Å². The van der Waals surface area contributed by atoms with E-state index in [1.165, 1.54) is 7.11 Å². The Morgan fingerprint density at radius 1 is 0.759 bits per heavy atom. The zero-order chi connectivity index (χ0) is 36.9. The number of fused-ring (bicyclic) bond motifs is 3. The summed E-state index contributed by atoms with van der Waals surface area (Å²) in [4.78, 5) is 64.2. The molecule has 0 saturated carbocycles. The number of H-pyrrole nitrogens is 2. The summed E-state index contributed by atoms with van der Waals surface area (Å²) in [6.07, 6.45) is 4.53. The highest BCUT2D eigenvalue weighted by molar-refractivity contribution is 5.88. The fourth-order valence-electron chi connectivity index (χ4n) is 8.99. The number of piperidine rings is 1. The molecule has 4 atom stereocenters. The van der Waals surface area contributed by atoms with Crippen molar-refractivity contribution in [2.24, 2.45) is 0 Å². The van der Waals surface area contributed by atoms with Gasteiger partial charge >= 0.3 is 6.09 Å². The van der Waals surface area contributed by atoms with E-state index in [2.05, 4.69) is 86.7 Å². The third kappa shape index (κ3) is 6.49. The number of methoxy groups -OCH3 is 1. The first kappa shape index (κ1) is 34.5. The predicted octanol–water partition coefficient (Wildman–Crippen LogP) is 5.23. The standard InChI is InChI=1S/C41H47N9O4/c1-47-18-20-48(21-19-47)24-37(51)49-17-3-4-35(49)38-42-30-13-9-27(22-33(30)44-38)25-5-7-26(8-6-25)28-10-14-31-34(23-28)45-39(43-31)36-16-12-29-11-15-32(40(52)50(29)36)46-41(53)54-2/h5-10,13-14,22-23,29,32,35-36H,3-4,11-12,15-21,24H2,1-2H3,(H,42,44)(H,43,45)(H,46,53)/t29-,32-,35-,36-/m0/s1. The lowest BCUT2D eigenvalue weighted by molar-refractivity contribution is -0.139. The largest absolute Gasteiger partial charge is 0.453 e. The Bertz CT molecular complexity index is 2210. The van der Waals surface area contributed by atoms with Crippen LogP contribution in [-0.2, 0) is 14.3 Å². The Morgan fingerprint density at radius 2 is 1.35 bits per heavy atom. The molecule has 4 aliphatic heterocycles. The first-order chi connectivity index (χ1) is 26.3. The Balaban J connectivity index is 0.890. The number of imidazole rings is 2. The van der Waals surface area contributed by atoms with E-state index in [1.807, 2.05) is 15.9 Å². The normalized spacial score (nSPS) is 23.7. The quantitative estimate of drug-likeness (QED) is 0.207.